The Kier molecular flexibility index (Phi) is 3.46. The van der Waals surface area contributed by atoms with Gasteiger partial charge in [-0.3, -0.25) is 19.3 Å². The summed E-state index contributed by atoms with van der Waals surface area (Å²) in [5, 5.41) is 2.91. The summed E-state index contributed by atoms with van der Waals surface area (Å²) in [6, 6.07) is -0.843. The highest BCUT2D eigenvalue weighted by Gasteiger charge is 2.63. The first kappa shape index (κ1) is 15.1. The van der Waals surface area contributed by atoms with E-state index in [1.54, 1.807) is 6.92 Å². The van der Waals surface area contributed by atoms with Crippen molar-refractivity contribution in [3.05, 3.63) is 0 Å². The molecule has 6 unspecified atom stereocenters. The Balaban J connectivity index is 1.48. The second kappa shape index (κ2) is 5.27. The maximum Gasteiger partial charge on any atom is 0.243 e. The van der Waals surface area contributed by atoms with E-state index >= 15 is 0 Å². The van der Waals surface area contributed by atoms with E-state index in [9.17, 15) is 14.4 Å². The lowest BCUT2D eigenvalue weighted by Crippen LogP contribution is -2.53. The van der Waals surface area contributed by atoms with Gasteiger partial charge in [-0.1, -0.05) is 0 Å². The Morgan fingerprint density at radius 2 is 1.78 bits per heavy atom. The lowest BCUT2D eigenvalue weighted by molar-refractivity contribution is -0.149. The molecule has 3 aliphatic heterocycles. The Morgan fingerprint density at radius 1 is 1.22 bits per heavy atom. The standard InChI is InChI=1S/C16H23N3O4/c1-7(14(20)18-9(6-17)8-2-3-8)19-15(21)12-10-4-5-11(23-10)13(12)16(19)22/h7-13H,2-6,17H2,1H3,(H,18,20). The third-order valence-electron chi connectivity index (χ3n) is 5.86. The maximum absolute atomic E-state index is 12.7. The molecule has 3 amide bonds. The number of rotatable bonds is 5. The lowest BCUT2D eigenvalue weighted by Gasteiger charge is -2.26. The second-order valence-corrected chi connectivity index (χ2v) is 7.25. The Hall–Kier alpha value is -1.47. The van der Waals surface area contributed by atoms with Crippen molar-refractivity contribution in [2.24, 2.45) is 23.5 Å². The third-order valence-corrected chi connectivity index (χ3v) is 5.86. The molecule has 3 N–H and O–H groups in total. The van der Waals surface area contributed by atoms with Gasteiger partial charge in [0.15, 0.2) is 0 Å². The van der Waals surface area contributed by atoms with E-state index in [0.29, 0.717) is 12.5 Å². The van der Waals surface area contributed by atoms with Crippen molar-refractivity contribution in [2.75, 3.05) is 6.54 Å². The number of carbonyl (C=O) groups excluding carboxylic acids is 3. The molecule has 7 nitrogen and oxygen atoms in total. The van der Waals surface area contributed by atoms with E-state index in [1.165, 1.54) is 4.90 Å². The normalized spacial score (nSPS) is 37.9. The minimum atomic E-state index is -0.784. The summed E-state index contributed by atoms with van der Waals surface area (Å²) >= 11 is 0. The molecular weight excluding hydrogens is 298 g/mol. The van der Waals surface area contributed by atoms with E-state index in [2.05, 4.69) is 5.32 Å². The minimum absolute atomic E-state index is 0.0585. The van der Waals surface area contributed by atoms with Crippen LogP contribution >= 0.6 is 0 Å². The smallest absolute Gasteiger partial charge is 0.243 e. The number of likely N-dealkylation sites (tertiary alicyclic amines) is 1. The molecule has 0 aromatic rings. The third kappa shape index (κ3) is 2.21. The predicted molar refractivity (Wildman–Crippen MR) is 79.9 cm³/mol. The van der Waals surface area contributed by atoms with Crippen LogP contribution in [0, 0.1) is 17.8 Å². The number of hydrogen-bond donors (Lipinski definition) is 2. The monoisotopic (exact) mass is 321 g/mol. The number of nitrogens with one attached hydrogen (secondary N) is 1. The molecular formula is C16H23N3O4. The molecule has 4 fully saturated rings. The first-order chi connectivity index (χ1) is 11.0. The first-order valence-corrected chi connectivity index (χ1v) is 8.55. The van der Waals surface area contributed by atoms with Gasteiger partial charge >= 0.3 is 0 Å². The number of imide groups is 1. The molecule has 6 atom stereocenters. The van der Waals surface area contributed by atoms with Crippen LogP contribution in [0.1, 0.15) is 32.6 Å². The summed E-state index contributed by atoms with van der Waals surface area (Å²) in [5.74, 6) is -1.11. The van der Waals surface area contributed by atoms with Gasteiger partial charge in [-0.15, -0.1) is 0 Å². The highest BCUT2D eigenvalue weighted by atomic mass is 16.5. The van der Waals surface area contributed by atoms with Gasteiger partial charge in [0.1, 0.15) is 6.04 Å². The van der Waals surface area contributed by atoms with Gasteiger partial charge in [0.05, 0.1) is 24.0 Å². The summed E-state index contributed by atoms with van der Waals surface area (Å²) in [5.41, 5.74) is 5.71. The van der Waals surface area contributed by atoms with Gasteiger partial charge in [-0.05, 0) is 38.5 Å². The number of nitrogens with two attached hydrogens (primary N) is 1. The van der Waals surface area contributed by atoms with Crippen molar-refractivity contribution in [3.63, 3.8) is 0 Å². The number of carbonyl (C=O) groups is 3. The Morgan fingerprint density at radius 3 is 2.26 bits per heavy atom. The zero-order valence-corrected chi connectivity index (χ0v) is 13.2. The van der Waals surface area contributed by atoms with E-state index < -0.39 is 6.04 Å². The molecule has 0 spiro atoms. The van der Waals surface area contributed by atoms with Gasteiger partial charge in [0.2, 0.25) is 17.7 Å². The molecule has 23 heavy (non-hydrogen) atoms. The Labute approximate surface area is 134 Å². The number of fused-ring (bicyclic) bond motifs is 5. The molecule has 126 valence electrons. The maximum atomic E-state index is 12.7. The zero-order valence-electron chi connectivity index (χ0n) is 13.2. The van der Waals surface area contributed by atoms with E-state index in [1.807, 2.05) is 0 Å². The molecule has 0 radical (unpaired) electrons. The molecule has 1 saturated carbocycles. The molecule has 7 heteroatoms. The van der Waals surface area contributed by atoms with Crippen molar-refractivity contribution >= 4 is 17.7 Å². The molecule has 2 bridgehead atoms. The van der Waals surface area contributed by atoms with Crippen LogP contribution in [-0.4, -0.2) is 53.5 Å². The summed E-state index contributed by atoms with van der Waals surface area (Å²) in [6.07, 6.45) is 3.51. The fraction of sp³-hybridized carbons (Fsp3) is 0.812. The summed E-state index contributed by atoms with van der Waals surface area (Å²) in [7, 11) is 0. The summed E-state index contributed by atoms with van der Waals surface area (Å²) in [4.78, 5) is 39.0. The topological polar surface area (TPSA) is 102 Å². The van der Waals surface area contributed by atoms with Gasteiger partial charge in [0, 0.05) is 12.6 Å². The quantitative estimate of drug-likeness (QED) is 0.658. The number of nitrogens with zero attached hydrogens (tertiary/aromatic N) is 1. The minimum Gasteiger partial charge on any atom is -0.373 e. The summed E-state index contributed by atoms with van der Waals surface area (Å²) in [6.45, 7) is 2.00. The van der Waals surface area contributed by atoms with Crippen molar-refractivity contribution in [2.45, 2.75) is 56.9 Å². The highest BCUT2D eigenvalue weighted by Crippen LogP contribution is 2.48. The Bertz CT molecular complexity index is 534. The van der Waals surface area contributed by atoms with Gasteiger partial charge in [0.25, 0.3) is 0 Å². The fourth-order valence-electron chi connectivity index (χ4n) is 4.41. The van der Waals surface area contributed by atoms with Crippen LogP contribution in [0.25, 0.3) is 0 Å². The molecule has 0 aromatic heterocycles. The van der Waals surface area contributed by atoms with E-state index in [4.69, 9.17) is 10.5 Å². The fourth-order valence-corrected chi connectivity index (χ4v) is 4.41. The largest absolute Gasteiger partial charge is 0.373 e. The van der Waals surface area contributed by atoms with Crippen molar-refractivity contribution < 1.29 is 19.1 Å². The second-order valence-electron chi connectivity index (χ2n) is 7.25. The first-order valence-electron chi connectivity index (χ1n) is 8.55. The van der Waals surface area contributed by atoms with Crippen LogP contribution in [0.15, 0.2) is 0 Å². The average Bonchev–Trinajstić information content (AvgIpc) is 3.08. The van der Waals surface area contributed by atoms with Crippen molar-refractivity contribution in [1.82, 2.24) is 10.2 Å². The van der Waals surface area contributed by atoms with E-state index in [-0.39, 0.29) is 47.8 Å². The molecule has 4 aliphatic rings. The number of hydrogen-bond acceptors (Lipinski definition) is 5. The predicted octanol–water partition coefficient (Wildman–Crippen LogP) is -0.609. The molecule has 3 heterocycles. The SMILES string of the molecule is CC(C(=O)NC(CN)C1CC1)N1C(=O)C2C3CCC(O3)C2C1=O. The van der Waals surface area contributed by atoms with Crippen molar-refractivity contribution in [3.8, 4) is 0 Å². The lowest BCUT2D eigenvalue weighted by atomic mass is 9.81. The van der Waals surface area contributed by atoms with E-state index in [0.717, 1.165) is 25.7 Å². The number of ether oxygens (including phenoxy) is 1. The molecule has 4 rings (SSSR count). The summed E-state index contributed by atoms with van der Waals surface area (Å²) < 4.78 is 5.70. The molecule has 0 aromatic carbocycles. The molecule has 1 aliphatic carbocycles. The zero-order chi connectivity index (χ0) is 16.3. The van der Waals surface area contributed by atoms with Crippen LogP contribution < -0.4 is 11.1 Å². The average molecular weight is 321 g/mol. The van der Waals surface area contributed by atoms with Crippen LogP contribution in [0.3, 0.4) is 0 Å². The number of amides is 3. The van der Waals surface area contributed by atoms with Crippen LogP contribution in [0.5, 0.6) is 0 Å². The highest BCUT2D eigenvalue weighted by molar-refractivity contribution is 6.09. The molecule has 3 saturated heterocycles. The van der Waals surface area contributed by atoms with Crippen LogP contribution in [-0.2, 0) is 19.1 Å². The van der Waals surface area contributed by atoms with Gasteiger partial charge in [-0.2, -0.15) is 0 Å². The van der Waals surface area contributed by atoms with Crippen molar-refractivity contribution in [1.29, 1.82) is 0 Å². The van der Waals surface area contributed by atoms with Gasteiger partial charge in [-0.25, -0.2) is 0 Å². The van der Waals surface area contributed by atoms with Crippen LogP contribution in [0.4, 0.5) is 0 Å². The van der Waals surface area contributed by atoms with Gasteiger partial charge < -0.3 is 15.8 Å². The van der Waals surface area contributed by atoms with Crippen LogP contribution in [0.2, 0.25) is 0 Å².